The zero-order chi connectivity index (χ0) is 39.9. The van der Waals surface area contributed by atoms with E-state index in [1.165, 1.54) is 42.7 Å². The Morgan fingerprint density at radius 3 is 2.05 bits per heavy atom. The summed E-state index contributed by atoms with van der Waals surface area (Å²) in [5.74, 6) is -2.73. The van der Waals surface area contributed by atoms with E-state index in [9.17, 15) is 29.1 Å². The van der Waals surface area contributed by atoms with Crippen LogP contribution in [-0.4, -0.2) is 104 Å². The molecule has 0 saturated carbocycles. The molecular formula is C41H43NO13S. The number of carbonyl (C=O) groups is 5. The summed E-state index contributed by atoms with van der Waals surface area (Å²) in [6, 6.07) is 18.5. The van der Waals surface area contributed by atoms with E-state index in [1.807, 2.05) is 0 Å². The van der Waals surface area contributed by atoms with Gasteiger partial charge in [-0.3, -0.25) is 24.1 Å². The Hall–Kier alpha value is -5.51. The van der Waals surface area contributed by atoms with Crippen molar-refractivity contribution < 1.29 is 62.2 Å². The second-order valence-corrected chi connectivity index (χ2v) is 14.5. The molecule has 1 aromatic heterocycles. The maximum Gasteiger partial charge on any atom is 0.339 e. The first kappa shape index (κ1) is 40.2. The monoisotopic (exact) mass is 789 g/mol. The lowest BCUT2D eigenvalue weighted by molar-refractivity contribution is -0.282. The first-order chi connectivity index (χ1) is 26.9. The van der Waals surface area contributed by atoms with Gasteiger partial charge >= 0.3 is 23.9 Å². The van der Waals surface area contributed by atoms with E-state index in [0.29, 0.717) is 44.0 Å². The van der Waals surface area contributed by atoms with Crippen molar-refractivity contribution in [2.75, 3.05) is 33.4 Å². The Morgan fingerprint density at radius 2 is 1.41 bits per heavy atom. The molecule has 15 heteroatoms. The van der Waals surface area contributed by atoms with Gasteiger partial charge in [-0.25, -0.2) is 4.79 Å². The number of piperidine rings is 1. The van der Waals surface area contributed by atoms with E-state index in [-0.39, 0.29) is 17.3 Å². The number of benzene rings is 3. The van der Waals surface area contributed by atoms with E-state index in [0.717, 1.165) is 47.5 Å². The van der Waals surface area contributed by atoms with Gasteiger partial charge in [0, 0.05) is 53.4 Å². The van der Waals surface area contributed by atoms with Crippen LogP contribution in [0.4, 0.5) is 0 Å². The van der Waals surface area contributed by atoms with Crippen LogP contribution in [0.2, 0.25) is 0 Å². The predicted molar refractivity (Wildman–Crippen MR) is 203 cm³/mol. The standard InChI is InChI=1S/C41H43NO13S/c1-23(43)51-35-36(52-24(2)44)38(53-25(3)45)41(55-37(35)40(48)49-4)54-30-16-17-31-32(22-30)56-39(27-8-12-28(46)13-9-27)33(31)34(47)26-10-14-29(15-11-26)50-21-20-42-18-6-5-7-19-42/h8-17,22,35-38,41,46H,5-7,18-21H2,1-4H3/t35-,36-,37-,38+,41+/m0/s1. The summed E-state index contributed by atoms with van der Waals surface area (Å²) in [5.41, 5.74) is 1.57. The van der Waals surface area contributed by atoms with Crippen molar-refractivity contribution >= 4 is 51.1 Å². The van der Waals surface area contributed by atoms with Crippen molar-refractivity contribution in [2.24, 2.45) is 0 Å². The van der Waals surface area contributed by atoms with Crippen LogP contribution in [0.25, 0.3) is 20.5 Å². The molecule has 2 saturated heterocycles. The van der Waals surface area contributed by atoms with Gasteiger partial charge in [-0.1, -0.05) is 6.42 Å². The molecule has 56 heavy (non-hydrogen) atoms. The van der Waals surface area contributed by atoms with Gasteiger partial charge < -0.3 is 38.3 Å². The number of rotatable bonds is 13. The summed E-state index contributed by atoms with van der Waals surface area (Å²) in [7, 11) is 1.10. The van der Waals surface area contributed by atoms with Crippen molar-refractivity contribution in [3.8, 4) is 27.7 Å². The van der Waals surface area contributed by atoms with Crippen LogP contribution in [0.3, 0.4) is 0 Å². The smallest absolute Gasteiger partial charge is 0.339 e. The number of hydrogen-bond donors (Lipinski definition) is 1. The minimum Gasteiger partial charge on any atom is -0.508 e. The van der Waals surface area contributed by atoms with Crippen molar-refractivity contribution in [1.82, 2.24) is 4.90 Å². The summed E-state index contributed by atoms with van der Waals surface area (Å²) in [6.45, 7) is 6.86. The lowest BCUT2D eigenvalue weighted by Gasteiger charge is -2.43. The van der Waals surface area contributed by atoms with Crippen LogP contribution in [-0.2, 0) is 42.9 Å². The number of ether oxygens (including phenoxy) is 7. The zero-order valence-corrected chi connectivity index (χ0v) is 32.2. The highest BCUT2D eigenvalue weighted by molar-refractivity contribution is 7.22. The average molecular weight is 790 g/mol. The van der Waals surface area contributed by atoms with E-state index in [4.69, 9.17) is 33.2 Å². The third kappa shape index (κ3) is 9.46. The molecule has 6 rings (SSSR count). The molecule has 0 aliphatic carbocycles. The number of likely N-dealkylation sites (tertiary alicyclic amines) is 1. The molecule has 3 aromatic carbocycles. The van der Waals surface area contributed by atoms with Crippen LogP contribution >= 0.6 is 11.3 Å². The second-order valence-electron chi connectivity index (χ2n) is 13.4. The number of carbonyl (C=O) groups excluding carboxylic acids is 5. The van der Waals surface area contributed by atoms with Crippen LogP contribution in [0.15, 0.2) is 66.7 Å². The predicted octanol–water partition coefficient (Wildman–Crippen LogP) is 5.44. The summed E-state index contributed by atoms with van der Waals surface area (Å²) in [5, 5.41) is 10.6. The number of phenolic OH excluding ortho intramolecular Hbond substituents is 1. The molecule has 5 atom stereocenters. The van der Waals surface area contributed by atoms with Gasteiger partial charge in [-0.05, 0) is 98.2 Å². The SMILES string of the molecule is COC(=O)[C@H]1O[C@@H](Oc2ccc3c(C(=O)c4ccc(OCCN5CCCCC5)cc4)c(-c4ccc(O)cc4)sc3c2)[C@H](OC(C)=O)[C@@H](OC(C)=O)[C@@H]1OC(C)=O. The lowest BCUT2D eigenvalue weighted by Crippen LogP contribution is -2.64. The fraction of sp³-hybridized carbons (Fsp3) is 0.390. The van der Waals surface area contributed by atoms with Gasteiger partial charge in [-0.2, -0.15) is 0 Å². The number of methoxy groups -OCH3 is 1. The van der Waals surface area contributed by atoms with E-state index >= 15 is 0 Å². The minimum absolute atomic E-state index is 0.0670. The van der Waals surface area contributed by atoms with Crippen molar-refractivity contribution in [1.29, 1.82) is 0 Å². The molecule has 1 N–H and O–H groups in total. The van der Waals surface area contributed by atoms with Crippen LogP contribution in [0.5, 0.6) is 17.2 Å². The van der Waals surface area contributed by atoms with Gasteiger partial charge in [0.1, 0.15) is 23.9 Å². The van der Waals surface area contributed by atoms with Crippen molar-refractivity contribution in [3.05, 3.63) is 77.9 Å². The molecule has 3 heterocycles. The largest absolute Gasteiger partial charge is 0.508 e. The zero-order valence-electron chi connectivity index (χ0n) is 31.4. The van der Waals surface area contributed by atoms with Gasteiger partial charge in [-0.15, -0.1) is 11.3 Å². The molecular weight excluding hydrogens is 747 g/mol. The topological polar surface area (TPSA) is 173 Å². The van der Waals surface area contributed by atoms with Crippen molar-refractivity contribution in [3.63, 3.8) is 0 Å². The highest BCUT2D eigenvalue weighted by atomic mass is 32.1. The molecule has 0 radical (unpaired) electrons. The highest BCUT2D eigenvalue weighted by Gasteiger charge is 2.56. The molecule has 14 nitrogen and oxygen atoms in total. The number of fused-ring (bicyclic) bond motifs is 1. The molecule has 0 amide bonds. The second kappa shape index (κ2) is 18.0. The number of thiophene rings is 1. The molecule has 2 fully saturated rings. The number of ketones is 1. The number of nitrogens with zero attached hydrogens (tertiary/aromatic N) is 1. The molecule has 296 valence electrons. The summed E-state index contributed by atoms with van der Waals surface area (Å²) >= 11 is 1.31. The molecule has 2 aliphatic heterocycles. The quantitative estimate of drug-likeness (QED) is 0.103. The maximum atomic E-state index is 14.3. The normalized spacial score (nSPS) is 21.1. The molecule has 0 spiro atoms. The summed E-state index contributed by atoms with van der Waals surface area (Å²) in [4.78, 5) is 66.8. The Bertz CT molecular complexity index is 2060. The van der Waals surface area contributed by atoms with Gasteiger partial charge in [0.2, 0.25) is 12.4 Å². The molecule has 0 bridgehead atoms. The van der Waals surface area contributed by atoms with E-state index < -0.39 is 54.6 Å². The fourth-order valence-electron chi connectivity index (χ4n) is 6.82. The van der Waals surface area contributed by atoms with Crippen LogP contribution in [0.1, 0.15) is 56.0 Å². The molecule has 4 aromatic rings. The molecule has 0 unspecified atom stereocenters. The van der Waals surface area contributed by atoms with Gasteiger partial charge in [0.15, 0.2) is 24.1 Å². The third-order valence-electron chi connectivity index (χ3n) is 9.35. The Kier molecular flexibility index (Phi) is 12.9. The Balaban J connectivity index is 1.32. The first-order valence-electron chi connectivity index (χ1n) is 18.2. The fourth-order valence-corrected chi connectivity index (χ4v) is 8.06. The highest BCUT2D eigenvalue weighted by Crippen LogP contribution is 2.42. The number of hydrogen-bond acceptors (Lipinski definition) is 15. The number of phenols is 1. The number of esters is 4. The number of aromatic hydroxyl groups is 1. The average Bonchev–Trinajstić information content (AvgIpc) is 3.55. The lowest BCUT2D eigenvalue weighted by atomic mass is 9.97. The Labute approximate surface area is 327 Å². The summed E-state index contributed by atoms with van der Waals surface area (Å²) in [6.07, 6.45) is -4.09. The summed E-state index contributed by atoms with van der Waals surface area (Å²) < 4.78 is 39.9. The van der Waals surface area contributed by atoms with Crippen LogP contribution < -0.4 is 9.47 Å². The van der Waals surface area contributed by atoms with E-state index in [1.54, 1.807) is 54.6 Å². The van der Waals surface area contributed by atoms with E-state index in [2.05, 4.69) is 4.90 Å². The van der Waals surface area contributed by atoms with Gasteiger partial charge in [0.05, 0.1) is 7.11 Å². The van der Waals surface area contributed by atoms with Gasteiger partial charge in [0.25, 0.3) is 0 Å². The van der Waals surface area contributed by atoms with Crippen LogP contribution in [0, 0.1) is 0 Å². The molecule has 2 aliphatic rings. The van der Waals surface area contributed by atoms with Crippen molar-refractivity contribution in [2.45, 2.75) is 70.7 Å². The first-order valence-corrected chi connectivity index (χ1v) is 19.0. The Morgan fingerprint density at radius 1 is 0.786 bits per heavy atom. The minimum atomic E-state index is -1.63. The third-order valence-corrected chi connectivity index (χ3v) is 10.5. The maximum absolute atomic E-state index is 14.3.